The highest BCUT2D eigenvalue weighted by Gasteiger charge is 2.05. The van der Waals surface area contributed by atoms with Crippen molar-refractivity contribution in [2.45, 2.75) is 58.2 Å². The van der Waals surface area contributed by atoms with Crippen molar-refractivity contribution in [3.63, 3.8) is 0 Å². The van der Waals surface area contributed by atoms with Gasteiger partial charge in [0, 0.05) is 0 Å². The molecule has 0 unspecified atom stereocenters. The maximum Gasteiger partial charge on any atom is 0.451 e. The Labute approximate surface area is 111 Å². The second-order valence-electron chi connectivity index (χ2n) is 5.00. The topological polar surface area (TPSA) is 40.5 Å². The number of hydrogen-bond acceptors (Lipinski definition) is 2. The second kappa shape index (κ2) is 9.18. The zero-order valence-corrected chi connectivity index (χ0v) is 11.4. The summed E-state index contributed by atoms with van der Waals surface area (Å²) < 4.78 is 0. The van der Waals surface area contributed by atoms with Gasteiger partial charge >= 0.3 is 7.12 Å². The van der Waals surface area contributed by atoms with Gasteiger partial charge in [0.25, 0.3) is 0 Å². The third-order valence-electron chi connectivity index (χ3n) is 3.27. The summed E-state index contributed by atoms with van der Waals surface area (Å²) in [7, 11) is -1.15. The lowest BCUT2D eigenvalue weighted by atomic mass is 9.83. The van der Waals surface area contributed by atoms with Gasteiger partial charge in [-0.2, -0.15) is 0 Å². The molecule has 0 heterocycles. The van der Waals surface area contributed by atoms with E-state index in [1.165, 1.54) is 36.8 Å². The molecule has 0 saturated carbocycles. The summed E-state index contributed by atoms with van der Waals surface area (Å²) in [6, 6.07) is 8.87. The normalized spacial score (nSPS) is 10.6. The van der Waals surface area contributed by atoms with Crippen LogP contribution in [-0.4, -0.2) is 17.2 Å². The van der Waals surface area contributed by atoms with Crippen molar-refractivity contribution in [3.8, 4) is 0 Å². The average molecular weight is 248 g/mol. The van der Waals surface area contributed by atoms with Crippen LogP contribution >= 0.6 is 0 Å². The van der Waals surface area contributed by atoms with Crippen LogP contribution in [-0.2, 0) is 12.8 Å². The van der Waals surface area contributed by atoms with Crippen molar-refractivity contribution < 1.29 is 10.0 Å². The Kier molecular flexibility index (Phi) is 7.78. The molecule has 3 heteroatoms. The van der Waals surface area contributed by atoms with E-state index in [2.05, 4.69) is 31.2 Å². The van der Waals surface area contributed by atoms with Crippen LogP contribution in [0.2, 0.25) is 6.32 Å². The Bertz CT molecular complexity index is 309. The first-order valence-corrected chi connectivity index (χ1v) is 7.16. The van der Waals surface area contributed by atoms with E-state index in [1.807, 2.05) is 0 Å². The van der Waals surface area contributed by atoms with Gasteiger partial charge in [0.2, 0.25) is 0 Å². The Balaban J connectivity index is 2.23. The van der Waals surface area contributed by atoms with Crippen molar-refractivity contribution in [3.05, 3.63) is 35.4 Å². The summed E-state index contributed by atoms with van der Waals surface area (Å²) in [6.45, 7) is 2.23. The van der Waals surface area contributed by atoms with Gasteiger partial charge in [0.1, 0.15) is 0 Å². The minimum Gasteiger partial charge on any atom is -0.427 e. The Morgan fingerprint density at radius 3 is 1.78 bits per heavy atom. The predicted molar refractivity (Wildman–Crippen MR) is 77.6 cm³/mol. The molecule has 0 aliphatic heterocycles. The van der Waals surface area contributed by atoms with Gasteiger partial charge in [-0.15, -0.1) is 0 Å². The van der Waals surface area contributed by atoms with Gasteiger partial charge in [0.05, 0.1) is 0 Å². The fraction of sp³-hybridized carbons (Fsp3) is 0.600. The molecular weight excluding hydrogens is 223 g/mol. The molecule has 0 atom stereocenters. The lowest BCUT2D eigenvalue weighted by Gasteiger charge is -2.04. The summed E-state index contributed by atoms with van der Waals surface area (Å²) in [5.74, 6) is 0. The molecule has 2 nitrogen and oxygen atoms in total. The summed E-state index contributed by atoms with van der Waals surface area (Å²) in [4.78, 5) is 0. The first-order valence-electron chi connectivity index (χ1n) is 7.16. The SMILES string of the molecule is CCCCCc1ccc(CCCCB(O)O)cc1. The Morgan fingerprint density at radius 1 is 0.833 bits per heavy atom. The second-order valence-corrected chi connectivity index (χ2v) is 5.00. The van der Waals surface area contributed by atoms with E-state index in [1.54, 1.807) is 0 Å². The van der Waals surface area contributed by atoms with Crippen molar-refractivity contribution in [2.75, 3.05) is 0 Å². The third-order valence-corrected chi connectivity index (χ3v) is 3.27. The summed E-state index contributed by atoms with van der Waals surface area (Å²) in [6.07, 6.45) is 8.45. The quantitative estimate of drug-likeness (QED) is 0.520. The van der Waals surface area contributed by atoms with E-state index in [0.29, 0.717) is 6.32 Å². The van der Waals surface area contributed by atoms with Crippen molar-refractivity contribution in [1.29, 1.82) is 0 Å². The number of rotatable bonds is 9. The monoisotopic (exact) mass is 248 g/mol. The van der Waals surface area contributed by atoms with Gasteiger partial charge in [-0.05, 0) is 43.1 Å². The summed E-state index contributed by atoms with van der Waals surface area (Å²) in [5.41, 5.74) is 2.78. The van der Waals surface area contributed by atoms with Crippen LogP contribution in [0.3, 0.4) is 0 Å². The highest BCUT2D eigenvalue weighted by molar-refractivity contribution is 6.40. The molecule has 0 saturated heterocycles. The molecule has 0 spiro atoms. The highest BCUT2D eigenvalue weighted by Crippen LogP contribution is 2.11. The predicted octanol–water partition coefficient (Wildman–Crippen LogP) is 3.21. The number of benzene rings is 1. The van der Waals surface area contributed by atoms with Crippen molar-refractivity contribution in [2.24, 2.45) is 0 Å². The fourth-order valence-corrected chi connectivity index (χ4v) is 2.11. The number of unbranched alkanes of at least 4 members (excludes halogenated alkanes) is 3. The first-order chi connectivity index (χ1) is 8.72. The molecule has 2 N–H and O–H groups in total. The van der Waals surface area contributed by atoms with E-state index in [0.717, 1.165) is 19.3 Å². The van der Waals surface area contributed by atoms with Crippen LogP contribution in [0.1, 0.15) is 50.2 Å². The van der Waals surface area contributed by atoms with Gasteiger partial charge < -0.3 is 10.0 Å². The third kappa shape index (κ3) is 6.82. The molecule has 0 fully saturated rings. The summed E-state index contributed by atoms with van der Waals surface area (Å²) in [5, 5.41) is 17.5. The van der Waals surface area contributed by atoms with Crippen LogP contribution in [0, 0.1) is 0 Å². The Hall–Kier alpha value is -0.795. The number of aryl methyl sites for hydroxylation is 2. The molecule has 0 bridgehead atoms. The zero-order chi connectivity index (χ0) is 13.2. The van der Waals surface area contributed by atoms with Gasteiger partial charge in [-0.25, -0.2) is 0 Å². The largest absolute Gasteiger partial charge is 0.451 e. The van der Waals surface area contributed by atoms with Crippen molar-refractivity contribution >= 4 is 7.12 Å². The minimum atomic E-state index is -1.15. The molecule has 1 aromatic carbocycles. The van der Waals surface area contributed by atoms with E-state index < -0.39 is 7.12 Å². The van der Waals surface area contributed by atoms with Crippen LogP contribution in [0.15, 0.2) is 24.3 Å². The maximum atomic E-state index is 8.74. The molecule has 0 aliphatic rings. The van der Waals surface area contributed by atoms with Crippen LogP contribution in [0.25, 0.3) is 0 Å². The van der Waals surface area contributed by atoms with Gasteiger partial charge in [0.15, 0.2) is 0 Å². The fourth-order valence-electron chi connectivity index (χ4n) is 2.11. The zero-order valence-electron chi connectivity index (χ0n) is 11.4. The standard InChI is InChI=1S/C15H25BO2/c1-2-3-4-7-14-9-11-15(12-10-14)8-5-6-13-16(17)18/h9-12,17-18H,2-8,13H2,1H3. The minimum absolute atomic E-state index is 0.481. The molecule has 0 aliphatic carbocycles. The highest BCUT2D eigenvalue weighted by atomic mass is 16.4. The lowest BCUT2D eigenvalue weighted by Crippen LogP contribution is -2.09. The number of hydrogen-bond donors (Lipinski definition) is 2. The smallest absolute Gasteiger partial charge is 0.427 e. The molecule has 100 valence electrons. The summed E-state index contributed by atoms with van der Waals surface area (Å²) >= 11 is 0. The van der Waals surface area contributed by atoms with Crippen LogP contribution < -0.4 is 0 Å². The molecule has 18 heavy (non-hydrogen) atoms. The molecule has 0 aromatic heterocycles. The average Bonchev–Trinajstić information content (AvgIpc) is 2.36. The van der Waals surface area contributed by atoms with E-state index >= 15 is 0 Å². The van der Waals surface area contributed by atoms with Crippen LogP contribution in [0.5, 0.6) is 0 Å². The van der Waals surface area contributed by atoms with Gasteiger partial charge in [-0.1, -0.05) is 50.5 Å². The molecule has 0 radical (unpaired) electrons. The molecular formula is C15H25BO2. The van der Waals surface area contributed by atoms with E-state index in [4.69, 9.17) is 10.0 Å². The maximum absolute atomic E-state index is 8.74. The van der Waals surface area contributed by atoms with E-state index in [-0.39, 0.29) is 0 Å². The molecule has 1 aromatic rings. The van der Waals surface area contributed by atoms with E-state index in [9.17, 15) is 0 Å². The molecule has 1 rings (SSSR count). The lowest BCUT2D eigenvalue weighted by molar-refractivity contribution is 0.402. The van der Waals surface area contributed by atoms with Crippen molar-refractivity contribution in [1.82, 2.24) is 0 Å². The van der Waals surface area contributed by atoms with Crippen LogP contribution in [0.4, 0.5) is 0 Å². The first kappa shape index (κ1) is 15.3. The van der Waals surface area contributed by atoms with Gasteiger partial charge in [-0.3, -0.25) is 0 Å². The Morgan fingerprint density at radius 2 is 1.33 bits per heavy atom. The molecule has 0 amide bonds.